The molecule has 0 saturated carbocycles. The molecule has 0 spiro atoms. The smallest absolute Gasteiger partial charge is 0.236 e. The Morgan fingerprint density at radius 3 is 2.50 bits per heavy atom. The first-order valence-corrected chi connectivity index (χ1v) is 6.80. The zero-order valence-electron chi connectivity index (χ0n) is 12.4. The molecule has 0 aliphatic heterocycles. The van der Waals surface area contributed by atoms with Crippen LogP contribution in [0.4, 0.5) is 0 Å². The Morgan fingerprint density at radius 1 is 1.20 bits per heavy atom. The SMILES string of the molecule is COCCNC(=O)C(C)NCCc1ccc(OC)cc1. The van der Waals surface area contributed by atoms with Crippen LogP contribution in [-0.4, -0.2) is 45.9 Å². The summed E-state index contributed by atoms with van der Waals surface area (Å²) >= 11 is 0. The van der Waals surface area contributed by atoms with E-state index in [0.29, 0.717) is 13.2 Å². The summed E-state index contributed by atoms with van der Waals surface area (Å²) in [7, 11) is 3.27. The first kappa shape index (κ1) is 16.5. The molecular formula is C15H24N2O3. The minimum Gasteiger partial charge on any atom is -0.497 e. The summed E-state index contributed by atoms with van der Waals surface area (Å²) in [5.41, 5.74) is 1.21. The maximum absolute atomic E-state index is 11.7. The maximum atomic E-state index is 11.7. The molecule has 0 aromatic heterocycles. The van der Waals surface area contributed by atoms with Crippen LogP contribution in [0.25, 0.3) is 0 Å². The van der Waals surface area contributed by atoms with Crippen molar-refractivity contribution in [3.63, 3.8) is 0 Å². The van der Waals surface area contributed by atoms with Crippen LogP contribution in [0.5, 0.6) is 5.75 Å². The summed E-state index contributed by atoms with van der Waals surface area (Å²) in [5, 5.41) is 6.01. The number of methoxy groups -OCH3 is 2. The molecule has 1 aromatic rings. The van der Waals surface area contributed by atoms with Crippen molar-refractivity contribution in [3.8, 4) is 5.75 Å². The van der Waals surface area contributed by atoms with Gasteiger partial charge in [-0.3, -0.25) is 4.79 Å². The van der Waals surface area contributed by atoms with Crippen molar-refractivity contribution < 1.29 is 14.3 Å². The fourth-order valence-corrected chi connectivity index (χ4v) is 1.75. The molecule has 1 atom stereocenters. The molecule has 0 heterocycles. The molecule has 0 radical (unpaired) electrons. The van der Waals surface area contributed by atoms with Gasteiger partial charge in [-0.05, 0) is 37.6 Å². The summed E-state index contributed by atoms with van der Waals surface area (Å²) in [6.45, 7) is 3.69. The average molecular weight is 280 g/mol. The Labute approximate surface area is 120 Å². The third-order valence-electron chi connectivity index (χ3n) is 3.02. The van der Waals surface area contributed by atoms with Gasteiger partial charge in [0.1, 0.15) is 5.75 Å². The molecule has 2 N–H and O–H groups in total. The van der Waals surface area contributed by atoms with Gasteiger partial charge < -0.3 is 20.1 Å². The third kappa shape index (κ3) is 6.04. The van der Waals surface area contributed by atoms with Gasteiger partial charge in [-0.15, -0.1) is 0 Å². The first-order valence-electron chi connectivity index (χ1n) is 6.80. The summed E-state index contributed by atoms with van der Waals surface area (Å²) in [5.74, 6) is 0.851. The summed E-state index contributed by atoms with van der Waals surface area (Å²) < 4.78 is 10.00. The van der Waals surface area contributed by atoms with Crippen LogP contribution in [0.2, 0.25) is 0 Å². The molecule has 5 nitrogen and oxygen atoms in total. The fourth-order valence-electron chi connectivity index (χ4n) is 1.75. The Kier molecular flexibility index (Phi) is 7.69. The number of hydrogen-bond donors (Lipinski definition) is 2. The van der Waals surface area contributed by atoms with Crippen molar-refractivity contribution in [2.24, 2.45) is 0 Å². The van der Waals surface area contributed by atoms with Crippen LogP contribution in [0.1, 0.15) is 12.5 Å². The average Bonchev–Trinajstić information content (AvgIpc) is 2.48. The minimum absolute atomic E-state index is 0.00298. The molecule has 0 fully saturated rings. The first-order chi connectivity index (χ1) is 9.67. The highest BCUT2D eigenvalue weighted by molar-refractivity contribution is 5.81. The van der Waals surface area contributed by atoms with Gasteiger partial charge in [0.05, 0.1) is 19.8 Å². The molecule has 1 amide bonds. The summed E-state index contributed by atoms with van der Waals surface area (Å²) in [6, 6.07) is 7.74. The Hall–Kier alpha value is -1.59. The minimum atomic E-state index is -0.204. The lowest BCUT2D eigenvalue weighted by molar-refractivity contribution is -0.122. The second kappa shape index (κ2) is 9.34. The highest BCUT2D eigenvalue weighted by Crippen LogP contribution is 2.11. The predicted molar refractivity (Wildman–Crippen MR) is 79.0 cm³/mol. The summed E-state index contributed by atoms with van der Waals surface area (Å²) in [6.07, 6.45) is 0.875. The van der Waals surface area contributed by atoms with E-state index in [-0.39, 0.29) is 11.9 Å². The zero-order chi connectivity index (χ0) is 14.8. The van der Waals surface area contributed by atoms with Crippen molar-refractivity contribution in [3.05, 3.63) is 29.8 Å². The highest BCUT2D eigenvalue weighted by Gasteiger charge is 2.10. The van der Waals surface area contributed by atoms with Gasteiger partial charge in [-0.25, -0.2) is 0 Å². The van der Waals surface area contributed by atoms with Crippen molar-refractivity contribution in [2.45, 2.75) is 19.4 Å². The number of ether oxygens (including phenoxy) is 2. The predicted octanol–water partition coefficient (Wildman–Crippen LogP) is 0.978. The number of benzene rings is 1. The third-order valence-corrected chi connectivity index (χ3v) is 3.02. The van der Waals surface area contributed by atoms with Gasteiger partial charge in [0, 0.05) is 13.7 Å². The molecule has 1 unspecified atom stereocenters. The van der Waals surface area contributed by atoms with Gasteiger partial charge in [-0.1, -0.05) is 12.1 Å². The van der Waals surface area contributed by atoms with Crippen LogP contribution in [0.3, 0.4) is 0 Å². The number of carbonyl (C=O) groups is 1. The van der Waals surface area contributed by atoms with E-state index in [1.54, 1.807) is 14.2 Å². The van der Waals surface area contributed by atoms with Crippen LogP contribution < -0.4 is 15.4 Å². The molecule has 5 heteroatoms. The van der Waals surface area contributed by atoms with E-state index in [2.05, 4.69) is 10.6 Å². The Bertz CT molecular complexity index is 393. The van der Waals surface area contributed by atoms with Crippen LogP contribution in [-0.2, 0) is 16.0 Å². The molecule has 0 aliphatic rings. The van der Waals surface area contributed by atoms with E-state index >= 15 is 0 Å². The number of carbonyl (C=O) groups excluding carboxylic acids is 1. The molecule has 0 saturated heterocycles. The standard InChI is InChI=1S/C15H24N2O3/c1-12(15(18)17-10-11-19-2)16-9-8-13-4-6-14(20-3)7-5-13/h4-7,12,16H,8-11H2,1-3H3,(H,17,18). The molecule has 20 heavy (non-hydrogen) atoms. The van der Waals surface area contributed by atoms with Crippen LogP contribution >= 0.6 is 0 Å². The molecule has 1 rings (SSSR count). The van der Waals surface area contributed by atoms with Gasteiger partial charge in [0.15, 0.2) is 0 Å². The van der Waals surface area contributed by atoms with E-state index in [1.165, 1.54) is 5.56 Å². The zero-order valence-corrected chi connectivity index (χ0v) is 12.4. The van der Waals surface area contributed by atoms with Crippen molar-refractivity contribution >= 4 is 5.91 Å². The van der Waals surface area contributed by atoms with Crippen LogP contribution in [0, 0.1) is 0 Å². The number of nitrogens with one attached hydrogen (secondary N) is 2. The Morgan fingerprint density at radius 2 is 1.90 bits per heavy atom. The molecule has 0 aliphatic carbocycles. The topological polar surface area (TPSA) is 59.6 Å². The number of rotatable bonds is 9. The molecule has 0 bridgehead atoms. The van der Waals surface area contributed by atoms with Gasteiger partial charge in [-0.2, -0.15) is 0 Å². The van der Waals surface area contributed by atoms with Crippen molar-refractivity contribution in [1.29, 1.82) is 0 Å². The van der Waals surface area contributed by atoms with Crippen LogP contribution in [0.15, 0.2) is 24.3 Å². The maximum Gasteiger partial charge on any atom is 0.236 e. The quantitative estimate of drug-likeness (QED) is 0.662. The van der Waals surface area contributed by atoms with E-state index in [0.717, 1.165) is 18.7 Å². The van der Waals surface area contributed by atoms with Gasteiger partial charge >= 0.3 is 0 Å². The van der Waals surface area contributed by atoms with E-state index in [4.69, 9.17) is 9.47 Å². The van der Waals surface area contributed by atoms with Gasteiger partial charge in [0.25, 0.3) is 0 Å². The van der Waals surface area contributed by atoms with E-state index < -0.39 is 0 Å². The second-order valence-corrected chi connectivity index (χ2v) is 4.56. The van der Waals surface area contributed by atoms with Crippen molar-refractivity contribution in [2.75, 3.05) is 33.9 Å². The molecular weight excluding hydrogens is 256 g/mol. The van der Waals surface area contributed by atoms with Crippen molar-refractivity contribution in [1.82, 2.24) is 10.6 Å². The number of amides is 1. The monoisotopic (exact) mass is 280 g/mol. The van der Waals surface area contributed by atoms with E-state index in [9.17, 15) is 4.79 Å². The lowest BCUT2D eigenvalue weighted by Crippen LogP contribution is -2.43. The second-order valence-electron chi connectivity index (χ2n) is 4.56. The lowest BCUT2D eigenvalue weighted by atomic mass is 10.1. The van der Waals surface area contributed by atoms with E-state index in [1.807, 2.05) is 31.2 Å². The molecule has 1 aromatic carbocycles. The van der Waals surface area contributed by atoms with Gasteiger partial charge in [0.2, 0.25) is 5.91 Å². The normalized spacial score (nSPS) is 11.9. The molecule has 112 valence electrons. The lowest BCUT2D eigenvalue weighted by Gasteiger charge is -2.14. The largest absolute Gasteiger partial charge is 0.497 e. The summed E-state index contributed by atoms with van der Waals surface area (Å²) in [4.78, 5) is 11.7. The highest BCUT2D eigenvalue weighted by atomic mass is 16.5. The Balaban J connectivity index is 2.23. The fraction of sp³-hybridized carbons (Fsp3) is 0.533. The number of hydrogen-bond acceptors (Lipinski definition) is 4.